The third kappa shape index (κ3) is 3.03. The first-order valence-electron chi connectivity index (χ1n) is 5.56. The third-order valence-corrected chi connectivity index (χ3v) is 2.54. The predicted molar refractivity (Wildman–Crippen MR) is 65.3 cm³/mol. The molecule has 4 heteroatoms. The number of likely N-dealkylation sites (N-methyl/N-ethyl adjacent to an activating group) is 1. The molecule has 0 spiro atoms. The Balaban J connectivity index is 3.35. The van der Waals surface area contributed by atoms with Crippen LogP contribution in [0.5, 0.6) is 5.75 Å². The molecule has 0 unspecified atom stereocenters. The van der Waals surface area contributed by atoms with Crippen LogP contribution in [0.1, 0.15) is 35.7 Å². The lowest BCUT2D eigenvalue weighted by Gasteiger charge is -2.16. The number of hydrogen-bond donors (Lipinski definition) is 1. The van der Waals surface area contributed by atoms with Crippen LogP contribution in [0.15, 0.2) is 12.1 Å². The molecule has 1 aromatic rings. The first-order valence-corrected chi connectivity index (χ1v) is 5.56. The molecule has 0 saturated heterocycles. The summed E-state index contributed by atoms with van der Waals surface area (Å²) in [5.74, 6) is -0.0551. The van der Waals surface area contributed by atoms with Crippen LogP contribution in [-0.4, -0.2) is 26.5 Å². The smallest absolute Gasteiger partial charge is 0.177 e. The molecule has 1 aromatic carbocycles. The van der Waals surface area contributed by atoms with Gasteiger partial charge in [-0.2, -0.15) is 0 Å². The van der Waals surface area contributed by atoms with Crippen molar-refractivity contribution in [1.29, 1.82) is 0 Å². The molecule has 0 aliphatic carbocycles. The molecule has 0 aromatic heterocycles. The number of nitrogens with one attached hydrogen (secondary N) is 1. The monoisotopic (exact) mass is 239 g/mol. The number of ether oxygens (including phenoxy) is 1. The molecule has 0 fully saturated rings. The number of carbonyl (C=O) groups is 1. The average molecular weight is 239 g/mol. The van der Waals surface area contributed by atoms with E-state index in [1.54, 1.807) is 7.05 Å². The number of Topliss-reactive ketones (excluding diaryl/α,β-unsaturated/α-hetero) is 1. The zero-order chi connectivity index (χ0) is 13.0. The highest BCUT2D eigenvalue weighted by Gasteiger charge is 2.19. The maximum absolute atomic E-state index is 13.4. The number of halogens is 1. The molecule has 0 radical (unpaired) electrons. The molecule has 0 saturated carbocycles. The van der Waals surface area contributed by atoms with Crippen LogP contribution < -0.4 is 10.1 Å². The van der Waals surface area contributed by atoms with E-state index in [0.717, 1.165) is 5.56 Å². The van der Waals surface area contributed by atoms with E-state index < -0.39 is 5.82 Å². The second-order valence-electron chi connectivity index (χ2n) is 4.18. The van der Waals surface area contributed by atoms with Gasteiger partial charge in [-0.05, 0) is 19.0 Å². The number of benzene rings is 1. The lowest BCUT2D eigenvalue weighted by atomic mass is 9.93. The second-order valence-corrected chi connectivity index (χ2v) is 4.18. The molecule has 0 heterocycles. The Bertz CT molecular complexity index is 416. The Labute approximate surface area is 101 Å². The summed E-state index contributed by atoms with van der Waals surface area (Å²) in [6.07, 6.45) is 0. The van der Waals surface area contributed by atoms with E-state index in [0.29, 0.717) is 11.3 Å². The van der Waals surface area contributed by atoms with Gasteiger partial charge in [-0.1, -0.05) is 13.8 Å². The predicted octanol–water partition coefficient (Wildman–Crippen LogP) is 2.36. The first kappa shape index (κ1) is 13.6. The Hall–Kier alpha value is -1.42. The normalized spacial score (nSPS) is 10.7. The van der Waals surface area contributed by atoms with Crippen LogP contribution in [0, 0.1) is 5.82 Å². The molecule has 0 amide bonds. The minimum Gasteiger partial charge on any atom is -0.496 e. The summed E-state index contributed by atoms with van der Waals surface area (Å²) in [6, 6.07) is 2.59. The van der Waals surface area contributed by atoms with E-state index >= 15 is 0 Å². The fraction of sp³-hybridized carbons (Fsp3) is 0.462. The van der Waals surface area contributed by atoms with Crippen LogP contribution in [-0.2, 0) is 0 Å². The summed E-state index contributed by atoms with van der Waals surface area (Å²) in [7, 11) is 3.16. The fourth-order valence-electron chi connectivity index (χ4n) is 1.84. The number of carbonyl (C=O) groups excluding carboxylic acids is 1. The molecule has 1 N–H and O–H groups in total. The lowest BCUT2D eigenvalue weighted by Crippen LogP contribution is -2.20. The van der Waals surface area contributed by atoms with Crippen molar-refractivity contribution in [2.75, 3.05) is 20.7 Å². The molecule has 3 nitrogen and oxygen atoms in total. The Morgan fingerprint density at radius 2 is 2.12 bits per heavy atom. The van der Waals surface area contributed by atoms with Crippen molar-refractivity contribution in [3.63, 3.8) is 0 Å². The Morgan fingerprint density at radius 3 is 2.59 bits per heavy atom. The summed E-state index contributed by atoms with van der Waals surface area (Å²) >= 11 is 0. The average Bonchev–Trinajstić information content (AvgIpc) is 2.27. The third-order valence-electron chi connectivity index (χ3n) is 2.54. The lowest BCUT2D eigenvalue weighted by molar-refractivity contribution is 0.0991. The molecule has 0 aliphatic heterocycles. The van der Waals surface area contributed by atoms with Crippen LogP contribution in [0.4, 0.5) is 4.39 Å². The highest BCUT2D eigenvalue weighted by Crippen LogP contribution is 2.31. The number of methoxy groups -OCH3 is 1. The summed E-state index contributed by atoms with van der Waals surface area (Å²) in [6.45, 7) is 4.09. The van der Waals surface area contributed by atoms with E-state index in [2.05, 4.69) is 5.32 Å². The number of hydrogen-bond acceptors (Lipinski definition) is 3. The van der Waals surface area contributed by atoms with E-state index in [1.165, 1.54) is 19.2 Å². The van der Waals surface area contributed by atoms with Gasteiger partial charge in [0.05, 0.1) is 13.7 Å². The van der Waals surface area contributed by atoms with Crippen molar-refractivity contribution in [1.82, 2.24) is 5.32 Å². The zero-order valence-corrected chi connectivity index (χ0v) is 10.6. The van der Waals surface area contributed by atoms with Crippen molar-refractivity contribution in [2.45, 2.75) is 19.8 Å². The van der Waals surface area contributed by atoms with Crippen molar-refractivity contribution in [3.05, 3.63) is 29.1 Å². The van der Waals surface area contributed by atoms with Crippen molar-refractivity contribution >= 4 is 5.78 Å². The van der Waals surface area contributed by atoms with E-state index in [-0.39, 0.29) is 18.2 Å². The topological polar surface area (TPSA) is 38.3 Å². The van der Waals surface area contributed by atoms with Crippen LogP contribution in [0.25, 0.3) is 0 Å². The largest absolute Gasteiger partial charge is 0.496 e. The molecule has 0 atom stereocenters. The fourth-order valence-corrected chi connectivity index (χ4v) is 1.84. The Kier molecular flexibility index (Phi) is 4.63. The number of rotatable bonds is 5. The standard InChI is InChI=1S/C13H18FNO2/c1-8(2)13-10(11(16)7-15-3)5-9(14)6-12(13)17-4/h5-6,8,15H,7H2,1-4H3. The van der Waals surface area contributed by atoms with Gasteiger partial charge in [-0.3, -0.25) is 4.79 Å². The maximum atomic E-state index is 13.4. The van der Waals surface area contributed by atoms with Gasteiger partial charge < -0.3 is 10.1 Å². The SMILES string of the molecule is CNCC(=O)c1cc(F)cc(OC)c1C(C)C. The molecular formula is C13H18FNO2. The van der Waals surface area contributed by atoms with E-state index in [4.69, 9.17) is 4.74 Å². The Morgan fingerprint density at radius 1 is 1.47 bits per heavy atom. The molecule has 1 rings (SSSR count). The summed E-state index contributed by atoms with van der Waals surface area (Å²) in [4.78, 5) is 11.9. The highest BCUT2D eigenvalue weighted by atomic mass is 19.1. The zero-order valence-electron chi connectivity index (χ0n) is 10.6. The quantitative estimate of drug-likeness (QED) is 0.802. The minimum atomic E-state index is -0.453. The molecule has 0 aliphatic rings. The number of ketones is 1. The summed E-state index contributed by atoms with van der Waals surface area (Å²) in [5.41, 5.74) is 1.15. The van der Waals surface area contributed by atoms with Gasteiger partial charge in [-0.15, -0.1) is 0 Å². The minimum absolute atomic E-state index is 0.0985. The molecule has 94 valence electrons. The molecule has 0 bridgehead atoms. The van der Waals surface area contributed by atoms with Gasteiger partial charge in [0.15, 0.2) is 5.78 Å². The van der Waals surface area contributed by atoms with Gasteiger partial charge in [0, 0.05) is 17.2 Å². The maximum Gasteiger partial charge on any atom is 0.177 e. The van der Waals surface area contributed by atoms with Gasteiger partial charge in [0.2, 0.25) is 0 Å². The summed E-state index contributed by atoms with van der Waals surface area (Å²) < 4.78 is 18.5. The van der Waals surface area contributed by atoms with Crippen molar-refractivity contribution < 1.29 is 13.9 Å². The van der Waals surface area contributed by atoms with Crippen LogP contribution in [0.3, 0.4) is 0 Å². The van der Waals surface area contributed by atoms with E-state index in [1.807, 2.05) is 13.8 Å². The van der Waals surface area contributed by atoms with Crippen LogP contribution >= 0.6 is 0 Å². The van der Waals surface area contributed by atoms with Crippen molar-refractivity contribution in [3.8, 4) is 5.75 Å². The van der Waals surface area contributed by atoms with Gasteiger partial charge in [0.1, 0.15) is 11.6 Å². The second kappa shape index (κ2) is 5.77. The first-order chi connectivity index (χ1) is 8.01. The molecular weight excluding hydrogens is 221 g/mol. The molecule has 17 heavy (non-hydrogen) atoms. The van der Waals surface area contributed by atoms with Crippen molar-refractivity contribution in [2.24, 2.45) is 0 Å². The van der Waals surface area contributed by atoms with E-state index in [9.17, 15) is 9.18 Å². The van der Waals surface area contributed by atoms with Gasteiger partial charge in [0.25, 0.3) is 0 Å². The highest BCUT2D eigenvalue weighted by molar-refractivity contribution is 5.99. The van der Waals surface area contributed by atoms with Gasteiger partial charge >= 0.3 is 0 Å². The van der Waals surface area contributed by atoms with Crippen LogP contribution in [0.2, 0.25) is 0 Å². The summed E-state index contributed by atoms with van der Waals surface area (Å²) in [5, 5.41) is 2.78. The van der Waals surface area contributed by atoms with Gasteiger partial charge in [-0.25, -0.2) is 4.39 Å².